The van der Waals surface area contributed by atoms with Crippen LogP contribution in [0.4, 0.5) is 0 Å². The molecule has 92 valence electrons. The van der Waals surface area contributed by atoms with Gasteiger partial charge in [-0.1, -0.05) is 0 Å². The Bertz CT molecular complexity index is 222. The first-order valence-corrected chi connectivity index (χ1v) is 6.06. The normalized spacial score (nSPS) is 10.3. The molecule has 0 saturated heterocycles. The summed E-state index contributed by atoms with van der Waals surface area (Å²) in [4.78, 5) is 30.4. The zero-order chi connectivity index (χ0) is 12.6. The minimum atomic E-state index is -3.11. The van der Waals surface area contributed by atoms with Gasteiger partial charge in [0.1, 0.15) is 0 Å². The maximum atomic E-state index is 10.1. The monoisotopic (exact) mass is 300 g/mol. The predicted octanol–water partition coefficient (Wildman–Crippen LogP) is -1.73. The first kappa shape index (κ1) is 14.8. The van der Waals surface area contributed by atoms with Crippen LogP contribution in [0.2, 0.25) is 0 Å². The van der Waals surface area contributed by atoms with E-state index in [1.807, 2.05) is 0 Å². The third kappa shape index (κ3) is 9.41. The summed E-state index contributed by atoms with van der Waals surface area (Å²) in [6, 6.07) is 0. The van der Waals surface area contributed by atoms with Gasteiger partial charge in [0.2, 0.25) is 0 Å². The van der Waals surface area contributed by atoms with Crippen molar-refractivity contribution in [2.75, 3.05) is 19.8 Å². The SMILES string of the molecule is O=C(O)CO[As](OCC(=O)O)OCC(=O)O. The van der Waals surface area contributed by atoms with Gasteiger partial charge in [-0.05, 0) is 0 Å². The van der Waals surface area contributed by atoms with Gasteiger partial charge in [0.05, 0.1) is 0 Å². The molecular formula is C6H9AsO9. The summed E-state index contributed by atoms with van der Waals surface area (Å²) < 4.78 is 13.7. The van der Waals surface area contributed by atoms with E-state index in [0.717, 1.165) is 0 Å². The number of hydrogen-bond donors (Lipinski definition) is 3. The quantitative estimate of drug-likeness (QED) is 0.424. The van der Waals surface area contributed by atoms with E-state index >= 15 is 0 Å². The van der Waals surface area contributed by atoms with Crippen LogP contribution in [0.5, 0.6) is 0 Å². The van der Waals surface area contributed by atoms with Crippen LogP contribution in [-0.4, -0.2) is 68.7 Å². The molecule has 0 aromatic carbocycles. The van der Waals surface area contributed by atoms with E-state index in [0.29, 0.717) is 0 Å². The second-order valence-corrected chi connectivity index (χ2v) is 4.79. The van der Waals surface area contributed by atoms with Crippen molar-refractivity contribution in [2.24, 2.45) is 0 Å². The van der Waals surface area contributed by atoms with Crippen molar-refractivity contribution in [3.05, 3.63) is 0 Å². The van der Waals surface area contributed by atoms with Crippen molar-refractivity contribution in [1.29, 1.82) is 0 Å². The molecule has 0 saturated carbocycles. The molecule has 0 aliphatic heterocycles. The Morgan fingerprint density at radius 3 is 1.19 bits per heavy atom. The Kier molecular flexibility index (Phi) is 7.47. The fourth-order valence-electron chi connectivity index (χ4n) is 0.436. The van der Waals surface area contributed by atoms with Gasteiger partial charge in [-0.3, -0.25) is 0 Å². The second kappa shape index (κ2) is 8.05. The van der Waals surface area contributed by atoms with Crippen LogP contribution in [-0.2, 0) is 25.6 Å². The summed E-state index contributed by atoms with van der Waals surface area (Å²) in [5.74, 6) is -3.88. The average Bonchev–Trinajstić information content (AvgIpc) is 2.15. The molecule has 0 fully saturated rings. The topological polar surface area (TPSA) is 140 Å². The Morgan fingerprint density at radius 1 is 0.750 bits per heavy atom. The molecule has 0 aliphatic rings. The first-order valence-electron chi connectivity index (χ1n) is 3.76. The fraction of sp³-hybridized carbons (Fsp3) is 0.500. The maximum absolute atomic E-state index is 10.1. The van der Waals surface area contributed by atoms with Gasteiger partial charge in [-0.15, -0.1) is 0 Å². The van der Waals surface area contributed by atoms with Gasteiger partial charge >= 0.3 is 94.3 Å². The van der Waals surface area contributed by atoms with Crippen LogP contribution in [0.15, 0.2) is 0 Å². The number of aliphatic carboxylic acids is 3. The fourth-order valence-corrected chi connectivity index (χ4v) is 2.26. The predicted molar refractivity (Wildman–Crippen MR) is 46.5 cm³/mol. The minimum absolute atomic E-state index is 0.737. The number of carboxylic acids is 3. The van der Waals surface area contributed by atoms with Crippen LogP contribution in [0, 0.1) is 0 Å². The van der Waals surface area contributed by atoms with Crippen molar-refractivity contribution < 1.29 is 40.9 Å². The van der Waals surface area contributed by atoms with Crippen molar-refractivity contribution in [1.82, 2.24) is 0 Å². The summed E-state index contributed by atoms with van der Waals surface area (Å²) in [7, 11) is 0. The molecule has 0 aromatic rings. The molecular weight excluding hydrogens is 291 g/mol. The first-order chi connectivity index (χ1) is 7.41. The summed E-state index contributed by atoms with van der Waals surface area (Å²) in [6.45, 7) is -2.21. The number of rotatable bonds is 9. The van der Waals surface area contributed by atoms with Gasteiger partial charge in [0.25, 0.3) is 0 Å². The van der Waals surface area contributed by atoms with Crippen LogP contribution in [0.25, 0.3) is 0 Å². The number of hydrogen-bond acceptors (Lipinski definition) is 6. The molecule has 0 atom stereocenters. The summed E-state index contributed by atoms with van der Waals surface area (Å²) in [5, 5.41) is 24.8. The number of carbonyl (C=O) groups is 3. The average molecular weight is 300 g/mol. The van der Waals surface area contributed by atoms with Gasteiger partial charge in [0, 0.05) is 0 Å². The van der Waals surface area contributed by atoms with Crippen LogP contribution in [0.3, 0.4) is 0 Å². The standard InChI is InChI=1S/C6H9AsO9/c8-4(9)1-14-7(15-2-5(10)11)16-3-6(12)13/h1-3H2,(H,8,9)(H,10,11)(H,12,13). The summed E-state index contributed by atoms with van der Waals surface area (Å²) in [5.41, 5.74) is 0. The van der Waals surface area contributed by atoms with Crippen LogP contribution in [0.1, 0.15) is 0 Å². The van der Waals surface area contributed by atoms with Gasteiger partial charge in [0.15, 0.2) is 0 Å². The van der Waals surface area contributed by atoms with E-state index in [1.165, 1.54) is 0 Å². The van der Waals surface area contributed by atoms with E-state index in [2.05, 4.69) is 11.2 Å². The summed E-state index contributed by atoms with van der Waals surface area (Å²) >= 11 is -3.11. The second-order valence-electron chi connectivity index (χ2n) is 2.23. The molecule has 0 rings (SSSR count). The Morgan fingerprint density at radius 2 is 1.00 bits per heavy atom. The molecule has 0 unspecified atom stereocenters. The van der Waals surface area contributed by atoms with E-state index in [9.17, 15) is 14.4 Å². The van der Waals surface area contributed by atoms with Crippen LogP contribution < -0.4 is 0 Å². The van der Waals surface area contributed by atoms with E-state index in [4.69, 9.17) is 15.3 Å². The Balaban J connectivity index is 3.98. The van der Waals surface area contributed by atoms with Gasteiger partial charge < -0.3 is 0 Å². The molecule has 0 spiro atoms. The molecule has 9 nitrogen and oxygen atoms in total. The van der Waals surface area contributed by atoms with Gasteiger partial charge in [-0.2, -0.15) is 0 Å². The van der Waals surface area contributed by atoms with Crippen molar-refractivity contribution in [3.63, 3.8) is 0 Å². The molecule has 10 heteroatoms. The van der Waals surface area contributed by atoms with Crippen LogP contribution >= 0.6 is 0 Å². The Labute approximate surface area is 94.8 Å². The molecule has 0 bridgehead atoms. The molecule has 0 heterocycles. The zero-order valence-corrected chi connectivity index (χ0v) is 9.74. The summed E-state index contributed by atoms with van der Waals surface area (Å²) in [6.07, 6.45) is 0. The van der Waals surface area contributed by atoms with Crippen molar-refractivity contribution in [2.45, 2.75) is 0 Å². The zero-order valence-electron chi connectivity index (χ0n) is 7.86. The molecule has 0 amide bonds. The molecule has 0 radical (unpaired) electrons. The molecule has 0 aliphatic carbocycles. The van der Waals surface area contributed by atoms with E-state index < -0.39 is 53.4 Å². The Hall–Kier alpha value is -1.15. The third-order valence-electron chi connectivity index (χ3n) is 0.880. The van der Waals surface area contributed by atoms with Gasteiger partial charge in [-0.25, -0.2) is 0 Å². The molecule has 0 aromatic heterocycles. The third-order valence-corrected chi connectivity index (χ3v) is 3.02. The van der Waals surface area contributed by atoms with Crippen molar-refractivity contribution in [3.8, 4) is 0 Å². The molecule has 16 heavy (non-hydrogen) atoms. The van der Waals surface area contributed by atoms with E-state index in [-0.39, 0.29) is 0 Å². The van der Waals surface area contributed by atoms with E-state index in [1.54, 1.807) is 0 Å². The van der Waals surface area contributed by atoms with Crippen molar-refractivity contribution >= 4 is 33.6 Å². The number of carboxylic acid groups (broad SMARTS) is 3. The molecule has 3 N–H and O–H groups in total.